The third kappa shape index (κ3) is 3.74. The lowest BCUT2D eigenvalue weighted by atomic mass is 9.85. The van der Waals surface area contributed by atoms with Crippen LogP contribution in [0.15, 0.2) is 65.2 Å². The molecule has 2 atom stereocenters. The molecule has 2 aromatic rings. The van der Waals surface area contributed by atoms with E-state index in [2.05, 4.69) is 15.9 Å². The van der Waals surface area contributed by atoms with E-state index in [-0.39, 0.29) is 28.9 Å². The summed E-state index contributed by atoms with van der Waals surface area (Å²) in [5.74, 6) is -1.98. The highest BCUT2D eigenvalue weighted by Gasteiger charge is 2.50. The Morgan fingerprint density at radius 3 is 2.17 bits per heavy atom. The summed E-state index contributed by atoms with van der Waals surface area (Å²) >= 11 is 9.63. The quantitative estimate of drug-likeness (QED) is 0.481. The van der Waals surface area contributed by atoms with Crippen LogP contribution >= 0.6 is 27.5 Å². The highest BCUT2D eigenvalue weighted by molar-refractivity contribution is 9.10. The van der Waals surface area contributed by atoms with Crippen LogP contribution in [0.3, 0.4) is 0 Å². The highest BCUT2D eigenvalue weighted by Crippen LogP contribution is 2.37. The van der Waals surface area contributed by atoms with Gasteiger partial charge in [0.05, 0.1) is 29.0 Å². The Balaban J connectivity index is 1.73. The van der Waals surface area contributed by atoms with Gasteiger partial charge in [-0.2, -0.15) is 5.01 Å². The Morgan fingerprint density at radius 1 is 1.00 bits per heavy atom. The SMILES string of the molecule is O=C(c1ccccc1Cl)N(Cc1ccc(Br)cc1)N1C(=O)[C@@H]2CC=CC[C@H]2C1=O. The normalized spacial score (nSPS) is 20.7. The van der Waals surface area contributed by atoms with E-state index in [0.29, 0.717) is 12.8 Å². The van der Waals surface area contributed by atoms with Gasteiger partial charge < -0.3 is 0 Å². The molecule has 2 aliphatic rings. The van der Waals surface area contributed by atoms with Crippen molar-refractivity contribution in [2.45, 2.75) is 19.4 Å². The maximum atomic E-state index is 13.4. The molecular formula is C22H18BrClN2O3. The molecule has 1 heterocycles. The molecule has 0 spiro atoms. The Morgan fingerprint density at radius 2 is 1.59 bits per heavy atom. The number of imide groups is 1. The van der Waals surface area contributed by atoms with Crippen molar-refractivity contribution in [1.82, 2.24) is 10.0 Å². The van der Waals surface area contributed by atoms with Gasteiger partial charge in [0, 0.05) is 4.47 Å². The van der Waals surface area contributed by atoms with Gasteiger partial charge in [0.1, 0.15) is 0 Å². The van der Waals surface area contributed by atoms with Gasteiger partial charge in [-0.05, 0) is 42.7 Å². The second-order valence-corrected chi connectivity index (χ2v) is 8.44. The predicted molar refractivity (Wildman–Crippen MR) is 113 cm³/mol. The largest absolute Gasteiger partial charge is 0.274 e. The molecule has 1 aliphatic carbocycles. The van der Waals surface area contributed by atoms with Gasteiger partial charge in [0.2, 0.25) is 0 Å². The Bertz CT molecular complexity index is 979. The van der Waals surface area contributed by atoms with E-state index in [1.54, 1.807) is 24.3 Å². The topological polar surface area (TPSA) is 57.7 Å². The molecule has 29 heavy (non-hydrogen) atoms. The van der Waals surface area contributed by atoms with E-state index in [9.17, 15) is 14.4 Å². The summed E-state index contributed by atoms with van der Waals surface area (Å²) in [5, 5.41) is 2.54. The fraction of sp³-hybridized carbons (Fsp3) is 0.227. The minimum Gasteiger partial charge on any atom is -0.272 e. The van der Waals surface area contributed by atoms with E-state index in [4.69, 9.17) is 11.6 Å². The molecule has 5 nitrogen and oxygen atoms in total. The lowest BCUT2D eigenvalue weighted by Crippen LogP contribution is -2.49. The number of carbonyl (C=O) groups is 3. The van der Waals surface area contributed by atoms with E-state index in [1.165, 1.54) is 5.01 Å². The second-order valence-electron chi connectivity index (χ2n) is 7.11. The Hall–Kier alpha value is -2.44. The maximum absolute atomic E-state index is 13.4. The van der Waals surface area contributed by atoms with Crippen molar-refractivity contribution < 1.29 is 14.4 Å². The number of rotatable bonds is 4. The first kappa shape index (κ1) is 19.9. The van der Waals surface area contributed by atoms with Crippen molar-refractivity contribution >= 4 is 45.3 Å². The van der Waals surface area contributed by atoms with E-state index in [1.807, 2.05) is 36.4 Å². The number of hydrazine groups is 1. The summed E-state index contributed by atoms with van der Waals surface area (Å²) in [7, 11) is 0. The zero-order valence-corrected chi connectivity index (χ0v) is 17.8. The number of fused-ring (bicyclic) bond motifs is 1. The minimum absolute atomic E-state index is 0.0850. The van der Waals surface area contributed by atoms with Crippen LogP contribution in [0.1, 0.15) is 28.8 Å². The molecule has 1 aliphatic heterocycles. The molecule has 0 N–H and O–H groups in total. The van der Waals surface area contributed by atoms with Crippen LogP contribution in [0.5, 0.6) is 0 Å². The first-order valence-electron chi connectivity index (χ1n) is 9.31. The lowest BCUT2D eigenvalue weighted by molar-refractivity contribution is -0.155. The third-order valence-electron chi connectivity index (χ3n) is 5.31. The molecule has 7 heteroatoms. The average molecular weight is 474 g/mol. The third-order valence-corrected chi connectivity index (χ3v) is 6.17. The highest BCUT2D eigenvalue weighted by atomic mass is 79.9. The zero-order valence-electron chi connectivity index (χ0n) is 15.4. The van der Waals surface area contributed by atoms with Gasteiger partial charge in [-0.25, -0.2) is 5.01 Å². The zero-order chi connectivity index (χ0) is 20.5. The van der Waals surface area contributed by atoms with Crippen LogP contribution < -0.4 is 0 Å². The first-order valence-corrected chi connectivity index (χ1v) is 10.5. The fourth-order valence-electron chi connectivity index (χ4n) is 3.79. The molecule has 1 fully saturated rings. The number of carbonyl (C=O) groups excluding carboxylic acids is 3. The van der Waals surface area contributed by atoms with Crippen molar-refractivity contribution in [3.8, 4) is 0 Å². The summed E-state index contributed by atoms with van der Waals surface area (Å²) in [6.45, 7) is 0.0850. The standard InChI is InChI=1S/C22H18BrClN2O3/c23-15-11-9-14(10-12-15)13-25(20(27)18-7-3-4-8-19(18)24)26-21(28)16-5-1-2-6-17(16)22(26)29/h1-4,7-12,16-17H,5-6,13H2/t16-,17-/m1/s1. The van der Waals surface area contributed by atoms with Crippen LogP contribution in [-0.4, -0.2) is 27.7 Å². The first-order chi connectivity index (χ1) is 14.0. The lowest BCUT2D eigenvalue weighted by Gasteiger charge is -2.31. The van der Waals surface area contributed by atoms with Gasteiger partial charge in [-0.1, -0.05) is 63.9 Å². The molecule has 0 unspecified atom stereocenters. The molecule has 0 aromatic heterocycles. The van der Waals surface area contributed by atoms with E-state index >= 15 is 0 Å². The number of nitrogens with zero attached hydrogens (tertiary/aromatic N) is 2. The number of amides is 3. The number of hydrogen-bond acceptors (Lipinski definition) is 3. The van der Waals surface area contributed by atoms with Crippen LogP contribution in [0.4, 0.5) is 0 Å². The minimum atomic E-state index is -0.480. The molecule has 0 bridgehead atoms. The van der Waals surface area contributed by atoms with Crippen molar-refractivity contribution in [1.29, 1.82) is 0 Å². The Kier molecular flexibility index (Phi) is 5.56. The van der Waals surface area contributed by atoms with Crippen molar-refractivity contribution in [3.63, 3.8) is 0 Å². The molecule has 3 amide bonds. The van der Waals surface area contributed by atoms with Crippen LogP contribution in [-0.2, 0) is 16.1 Å². The molecule has 2 aromatic carbocycles. The molecule has 148 valence electrons. The summed E-state index contributed by atoms with van der Waals surface area (Å²) < 4.78 is 0.899. The number of benzene rings is 2. The van der Waals surface area contributed by atoms with E-state index in [0.717, 1.165) is 15.0 Å². The van der Waals surface area contributed by atoms with Crippen molar-refractivity contribution in [2.75, 3.05) is 0 Å². The fourth-order valence-corrected chi connectivity index (χ4v) is 4.27. The summed E-state index contributed by atoms with van der Waals surface area (Å²) in [6, 6.07) is 14.0. The molecular weight excluding hydrogens is 456 g/mol. The van der Waals surface area contributed by atoms with E-state index < -0.39 is 17.7 Å². The maximum Gasteiger partial charge on any atom is 0.274 e. The predicted octanol–water partition coefficient (Wildman–Crippen LogP) is 4.61. The van der Waals surface area contributed by atoms with Crippen molar-refractivity contribution in [3.05, 3.63) is 81.3 Å². The molecule has 4 rings (SSSR count). The summed E-state index contributed by atoms with van der Waals surface area (Å²) in [5.41, 5.74) is 1.04. The number of allylic oxidation sites excluding steroid dienone is 2. The number of hydrogen-bond donors (Lipinski definition) is 0. The molecule has 0 saturated carbocycles. The molecule has 1 saturated heterocycles. The van der Waals surface area contributed by atoms with Crippen LogP contribution in [0.25, 0.3) is 0 Å². The second kappa shape index (κ2) is 8.13. The van der Waals surface area contributed by atoms with Gasteiger partial charge in [0.25, 0.3) is 17.7 Å². The molecule has 0 radical (unpaired) electrons. The Labute approximate surface area is 182 Å². The van der Waals surface area contributed by atoms with Gasteiger partial charge in [-0.15, -0.1) is 0 Å². The van der Waals surface area contributed by atoms with Crippen LogP contribution in [0.2, 0.25) is 5.02 Å². The van der Waals surface area contributed by atoms with Crippen LogP contribution in [0, 0.1) is 11.8 Å². The van der Waals surface area contributed by atoms with Gasteiger partial charge >= 0.3 is 0 Å². The summed E-state index contributed by atoms with van der Waals surface area (Å²) in [4.78, 5) is 39.6. The average Bonchev–Trinajstić information content (AvgIpc) is 2.98. The van der Waals surface area contributed by atoms with Gasteiger partial charge in [0.15, 0.2) is 0 Å². The number of halogens is 2. The summed E-state index contributed by atoms with van der Waals surface area (Å²) in [6.07, 6.45) is 4.87. The monoisotopic (exact) mass is 472 g/mol. The van der Waals surface area contributed by atoms with Gasteiger partial charge in [-0.3, -0.25) is 14.4 Å². The smallest absolute Gasteiger partial charge is 0.272 e. The van der Waals surface area contributed by atoms with Crippen molar-refractivity contribution in [2.24, 2.45) is 11.8 Å².